The summed E-state index contributed by atoms with van der Waals surface area (Å²) < 4.78 is 21.7. The van der Waals surface area contributed by atoms with E-state index in [4.69, 9.17) is 18.6 Å². The van der Waals surface area contributed by atoms with E-state index < -0.39 is 60.0 Å². The van der Waals surface area contributed by atoms with Crippen LogP contribution in [0.25, 0.3) is 22.3 Å². The summed E-state index contributed by atoms with van der Waals surface area (Å²) >= 11 is 0. The normalized spacial score (nSPS) is 24.8. The van der Waals surface area contributed by atoms with Crippen LogP contribution in [-0.2, 0) is 4.74 Å². The first kappa shape index (κ1) is 23.6. The summed E-state index contributed by atoms with van der Waals surface area (Å²) in [6.07, 6.45) is -8.00. The summed E-state index contributed by atoms with van der Waals surface area (Å²) in [5.41, 5.74) is -0.525. The lowest BCUT2D eigenvalue weighted by Crippen LogP contribution is -2.60. The molecule has 7 N–H and O–H groups in total. The molecule has 1 aromatic heterocycles. The van der Waals surface area contributed by atoms with Gasteiger partial charge < -0.3 is 54.4 Å². The van der Waals surface area contributed by atoms with Crippen LogP contribution in [0.4, 0.5) is 0 Å². The van der Waals surface area contributed by atoms with Crippen LogP contribution >= 0.6 is 0 Å². The van der Waals surface area contributed by atoms with Gasteiger partial charge in [0, 0.05) is 17.7 Å². The zero-order chi connectivity index (χ0) is 24.7. The number of aromatic hydroxyl groups is 3. The van der Waals surface area contributed by atoms with Crippen molar-refractivity contribution in [2.75, 3.05) is 13.7 Å². The van der Waals surface area contributed by atoms with Crippen LogP contribution in [0.3, 0.4) is 0 Å². The first-order valence-electron chi connectivity index (χ1n) is 10.0. The average molecular weight is 478 g/mol. The fraction of sp³-hybridized carbons (Fsp3) is 0.318. The average Bonchev–Trinajstić information content (AvgIpc) is 2.81. The standard InChI is InChI=1S/C22H22O12/c1-31-14-6-13-16(11(26)5-12(32-13)8-2-3-9(24)10(25)4-8)18(28)21(14)34-22-20(30)19(29)17(27)15(7-23)33-22/h2-6,15,17,19-20,22-25,27-30H,7H2,1H3/t15-,17-,19+,20-,22-/m1/s1. The number of hydrogen-bond acceptors (Lipinski definition) is 12. The van der Waals surface area contributed by atoms with Gasteiger partial charge in [-0.3, -0.25) is 4.79 Å². The summed E-state index contributed by atoms with van der Waals surface area (Å²) in [7, 11) is 1.24. The number of phenolic OH excluding ortho intramolecular Hbond substituents is 3. The van der Waals surface area contributed by atoms with Gasteiger partial charge in [0.2, 0.25) is 12.0 Å². The molecule has 5 atom stereocenters. The Morgan fingerprint density at radius 3 is 2.35 bits per heavy atom. The fourth-order valence-corrected chi connectivity index (χ4v) is 3.63. The van der Waals surface area contributed by atoms with Crippen LogP contribution in [0.5, 0.6) is 28.7 Å². The van der Waals surface area contributed by atoms with E-state index in [9.17, 15) is 40.5 Å². The second kappa shape index (κ2) is 9.00. The third-order valence-corrected chi connectivity index (χ3v) is 5.48. The highest BCUT2D eigenvalue weighted by Crippen LogP contribution is 2.44. The molecule has 0 saturated carbocycles. The fourth-order valence-electron chi connectivity index (χ4n) is 3.63. The van der Waals surface area contributed by atoms with Crippen LogP contribution in [-0.4, -0.2) is 80.2 Å². The van der Waals surface area contributed by atoms with Crippen molar-refractivity contribution in [2.24, 2.45) is 0 Å². The number of aliphatic hydroxyl groups is 4. The second-order valence-corrected chi connectivity index (χ2v) is 7.62. The van der Waals surface area contributed by atoms with E-state index in [1.807, 2.05) is 0 Å². The highest BCUT2D eigenvalue weighted by Gasteiger charge is 2.45. The van der Waals surface area contributed by atoms with Gasteiger partial charge in [0.25, 0.3) is 0 Å². The lowest BCUT2D eigenvalue weighted by molar-refractivity contribution is -0.277. The summed E-state index contributed by atoms with van der Waals surface area (Å²) in [5, 5.41) is 69.2. The monoisotopic (exact) mass is 478 g/mol. The minimum Gasteiger partial charge on any atom is -0.504 e. The molecule has 4 rings (SSSR count). The molecule has 12 heteroatoms. The Hall–Kier alpha value is -3.55. The summed E-state index contributed by atoms with van der Waals surface area (Å²) in [6, 6.07) is 6.10. The largest absolute Gasteiger partial charge is 0.504 e. The molecule has 0 aliphatic carbocycles. The Morgan fingerprint density at radius 1 is 0.971 bits per heavy atom. The van der Waals surface area contributed by atoms with Crippen molar-refractivity contribution < 1.29 is 54.4 Å². The molecule has 3 aromatic rings. The number of fused-ring (bicyclic) bond motifs is 1. The van der Waals surface area contributed by atoms with E-state index in [1.165, 1.54) is 31.4 Å². The molecule has 1 aliphatic rings. The van der Waals surface area contributed by atoms with Crippen LogP contribution in [0.2, 0.25) is 0 Å². The highest BCUT2D eigenvalue weighted by molar-refractivity contribution is 5.89. The molecule has 182 valence electrons. The first-order chi connectivity index (χ1) is 16.2. The van der Waals surface area contributed by atoms with E-state index in [-0.39, 0.29) is 33.8 Å². The number of rotatable bonds is 5. The molecule has 2 aromatic carbocycles. The zero-order valence-corrected chi connectivity index (χ0v) is 17.7. The number of hydrogen-bond donors (Lipinski definition) is 7. The molecule has 1 aliphatic heterocycles. The Bertz CT molecular complexity index is 1270. The van der Waals surface area contributed by atoms with E-state index >= 15 is 0 Å². The van der Waals surface area contributed by atoms with Crippen molar-refractivity contribution in [3.8, 4) is 40.1 Å². The number of phenols is 3. The smallest absolute Gasteiger partial charge is 0.229 e. The van der Waals surface area contributed by atoms with Crippen molar-refractivity contribution >= 4 is 11.0 Å². The highest BCUT2D eigenvalue weighted by atomic mass is 16.7. The summed E-state index contributed by atoms with van der Waals surface area (Å²) in [6.45, 7) is -0.690. The van der Waals surface area contributed by atoms with Crippen LogP contribution in [0.15, 0.2) is 39.5 Å². The maximum atomic E-state index is 12.8. The summed E-state index contributed by atoms with van der Waals surface area (Å²) in [5.74, 6) is -2.01. The molecule has 1 fully saturated rings. The van der Waals surface area contributed by atoms with Gasteiger partial charge in [0.15, 0.2) is 28.4 Å². The predicted octanol–water partition coefficient (Wildman–Crippen LogP) is -0.236. The third-order valence-electron chi connectivity index (χ3n) is 5.48. The van der Waals surface area contributed by atoms with Gasteiger partial charge in [0.1, 0.15) is 41.1 Å². The minimum absolute atomic E-state index is 0.0249. The molecule has 34 heavy (non-hydrogen) atoms. The molecule has 1 saturated heterocycles. The lowest BCUT2D eigenvalue weighted by atomic mass is 9.99. The SMILES string of the molecule is COc1cc2oc(-c3ccc(O)c(O)c3)cc(=O)c2c(O)c1O[C@H]1O[C@H](CO)[C@@H](O)[C@H](O)[C@H]1O. The molecule has 0 bridgehead atoms. The first-order valence-corrected chi connectivity index (χ1v) is 10.0. The van der Waals surface area contributed by atoms with E-state index in [2.05, 4.69) is 0 Å². The maximum Gasteiger partial charge on any atom is 0.229 e. The quantitative estimate of drug-likeness (QED) is 0.238. The molecule has 0 unspecified atom stereocenters. The Morgan fingerprint density at radius 2 is 1.71 bits per heavy atom. The van der Waals surface area contributed by atoms with Gasteiger partial charge in [-0.15, -0.1) is 0 Å². The molecular formula is C22H22O12. The van der Waals surface area contributed by atoms with Crippen LogP contribution in [0.1, 0.15) is 0 Å². The number of benzene rings is 2. The van der Waals surface area contributed by atoms with Crippen molar-refractivity contribution in [3.05, 3.63) is 40.6 Å². The van der Waals surface area contributed by atoms with Gasteiger partial charge in [-0.05, 0) is 18.2 Å². The summed E-state index contributed by atoms with van der Waals surface area (Å²) in [4.78, 5) is 12.8. The van der Waals surface area contributed by atoms with Gasteiger partial charge in [-0.2, -0.15) is 0 Å². The predicted molar refractivity (Wildman–Crippen MR) is 114 cm³/mol. The maximum absolute atomic E-state index is 12.8. The number of ether oxygens (including phenoxy) is 3. The zero-order valence-electron chi connectivity index (χ0n) is 17.7. The van der Waals surface area contributed by atoms with Crippen molar-refractivity contribution in [1.82, 2.24) is 0 Å². The van der Waals surface area contributed by atoms with Gasteiger partial charge in [0.05, 0.1) is 13.7 Å². The van der Waals surface area contributed by atoms with E-state index in [0.717, 1.165) is 6.07 Å². The molecule has 12 nitrogen and oxygen atoms in total. The topological polar surface area (TPSA) is 200 Å². The molecule has 0 radical (unpaired) electrons. The molecule has 2 heterocycles. The second-order valence-electron chi connectivity index (χ2n) is 7.62. The van der Waals surface area contributed by atoms with Crippen molar-refractivity contribution in [2.45, 2.75) is 30.7 Å². The van der Waals surface area contributed by atoms with Gasteiger partial charge in [-0.1, -0.05) is 0 Å². The van der Waals surface area contributed by atoms with Crippen molar-refractivity contribution in [3.63, 3.8) is 0 Å². The number of aliphatic hydroxyl groups excluding tert-OH is 4. The Kier molecular flexibility index (Phi) is 6.25. The Labute approximate surface area is 191 Å². The minimum atomic E-state index is -1.77. The molecule has 0 spiro atoms. The van der Waals surface area contributed by atoms with Crippen LogP contribution < -0.4 is 14.9 Å². The molecule has 0 amide bonds. The number of methoxy groups -OCH3 is 1. The van der Waals surface area contributed by atoms with Gasteiger partial charge >= 0.3 is 0 Å². The van der Waals surface area contributed by atoms with Crippen LogP contribution in [0, 0.1) is 0 Å². The lowest BCUT2D eigenvalue weighted by Gasteiger charge is -2.39. The van der Waals surface area contributed by atoms with Crippen molar-refractivity contribution in [1.29, 1.82) is 0 Å². The van der Waals surface area contributed by atoms with Gasteiger partial charge in [-0.25, -0.2) is 0 Å². The Balaban J connectivity index is 1.78. The van der Waals surface area contributed by atoms with E-state index in [1.54, 1.807) is 0 Å². The molecular weight excluding hydrogens is 456 g/mol. The third kappa shape index (κ3) is 3.97. The van der Waals surface area contributed by atoms with E-state index in [0.29, 0.717) is 0 Å².